The first-order valence-corrected chi connectivity index (χ1v) is 14.0. The van der Waals surface area contributed by atoms with Crippen molar-refractivity contribution in [1.82, 2.24) is 9.55 Å². The van der Waals surface area contributed by atoms with Crippen LogP contribution >= 0.6 is 22.6 Å². The van der Waals surface area contributed by atoms with Gasteiger partial charge in [0, 0.05) is 29.3 Å². The predicted molar refractivity (Wildman–Crippen MR) is 160 cm³/mol. The van der Waals surface area contributed by atoms with Crippen molar-refractivity contribution in [2.75, 3.05) is 0 Å². The highest BCUT2D eigenvalue weighted by Crippen LogP contribution is 2.43. The summed E-state index contributed by atoms with van der Waals surface area (Å²) in [7, 11) is 0. The van der Waals surface area contributed by atoms with Crippen molar-refractivity contribution in [1.29, 1.82) is 0 Å². The van der Waals surface area contributed by atoms with Crippen LogP contribution in [-0.4, -0.2) is 25.7 Å². The molecule has 0 fully saturated rings. The normalized spacial score (nSPS) is 14.1. The lowest BCUT2D eigenvalue weighted by Gasteiger charge is -2.40. The van der Waals surface area contributed by atoms with Gasteiger partial charge in [-0.1, -0.05) is 58.0 Å². The van der Waals surface area contributed by atoms with Gasteiger partial charge in [-0.2, -0.15) is 0 Å². The summed E-state index contributed by atoms with van der Waals surface area (Å²) in [6.07, 6.45) is 1.68. The minimum absolute atomic E-state index is 0.109. The van der Waals surface area contributed by atoms with Gasteiger partial charge in [0.25, 0.3) is 5.56 Å². The van der Waals surface area contributed by atoms with Gasteiger partial charge in [0.15, 0.2) is 11.6 Å². The number of aliphatic carboxylic acids is 1. The molecular weight excluding hydrogens is 626 g/mol. The number of fused-ring (bicyclic) bond motifs is 1. The summed E-state index contributed by atoms with van der Waals surface area (Å²) in [5.74, 6) is -2.65. The van der Waals surface area contributed by atoms with Gasteiger partial charge in [0.1, 0.15) is 15.9 Å². The number of pyridine rings is 2. The summed E-state index contributed by atoms with van der Waals surface area (Å²) in [5, 5.41) is 22.1. The quantitative estimate of drug-likeness (QED) is 0.166. The molecule has 2 atom stereocenters. The number of carboxylic acid groups (broad SMARTS) is 1. The Morgan fingerprint density at radius 1 is 1.12 bits per heavy atom. The third kappa shape index (κ3) is 6.20. The highest BCUT2D eigenvalue weighted by Gasteiger charge is 2.48. The van der Waals surface area contributed by atoms with Crippen LogP contribution in [0.4, 0.5) is 4.39 Å². The molecule has 2 N–H and O–H groups in total. The number of rotatable bonds is 9. The van der Waals surface area contributed by atoms with E-state index in [9.17, 15) is 24.2 Å². The number of aromatic nitrogens is 2. The highest BCUT2D eigenvalue weighted by molar-refractivity contribution is 14.1. The maximum absolute atomic E-state index is 14.7. The lowest BCUT2D eigenvalue weighted by Crippen LogP contribution is -2.47. The number of halogens is 2. The fourth-order valence-corrected chi connectivity index (χ4v) is 5.70. The predicted octanol–water partition coefficient (Wildman–Crippen LogP) is 6.11. The van der Waals surface area contributed by atoms with E-state index in [2.05, 4.69) is 27.6 Å². The van der Waals surface area contributed by atoms with E-state index in [1.807, 2.05) is 36.4 Å². The molecule has 0 aliphatic carbocycles. The Bertz CT molecular complexity index is 1600. The number of carbonyl (C=O) groups is 1. The van der Waals surface area contributed by atoms with E-state index in [4.69, 9.17) is 4.74 Å². The van der Waals surface area contributed by atoms with E-state index in [0.29, 0.717) is 14.6 Å². The molecule has 0 aliphatic rings. The Hall–Kier alpha value is -3.31. The first kappa shape index (κ1) is 29.7. The van der Waals surface area contributed by atoms with Crippen LogP contribution in [0, 0.1) is 20.9 Å². The number of hydrogen-bond donors (Lipinski definition) is 2. The first-order valence-electron chi connectivity index (χ1n) is 12.9. The minimum Gasteiger partial charge on any atom is -0.486 e. The monoisotopic (exact) mass is 658 g/mol. The van der Waals surface area contributed by atoms with Crippen LogP contribution in [-0.2, 0) is 23.5 Å². The molecule has 2 heterocycles. The lowest BCUT2D eigenvalue weighted by molar-refractivity contribution is -0.163. The number of hydrogen-bond acceptors (Lipinski definition) is 5. The Kier molecular flexibility index (Phi) is 8.65. The summed E-state index contributed by atoms with van der Waals surface area (Å²) in [6, 6.07) is 17.2. The van der Waals surface area contributed by atoms with Gasteiger partial charge in [-0.3, -0.25) is 9.59 Å². The van der Waals surface area contributed by atoms with E-state index in [1.54, 1.807) is 46.0 Å². The largest absolute Gasteiger partial charge is 0.486 e. The van der Waals surface area contributed by atoms with Crippen molar-refractivity contribution in [3.05, 3.63) is 103 Å². The smallest absolute Gasteiger partial charge is 0.310 e. The fourth-order valence-electron chi connectivity index (χ4n) is 5.11. The van der Waals surface area contributed by atoms with Crippen molar-refractivity contribution < 1.29 is 24.1 Å². The molecule has 40 heavy (non-hydrogen) atoms. The number of carboxylic acids is 1. The second kappa shape index (κ2) is 11.7. The van der Waals surface area contributed by atoms with Gasteiger partial charge in [-0.05, 0) is 63.8 Å². The zero-order valence-corrected chi connectivity index (χ0v) is 25.0. The van der Waals surface area contributed by atoms with Crippen LogP contribution < -0.4 is 10.3 Å². The van der Waals surface area contributed by atoms with Crippen LogP contribution in [0.25, 0.3) is 10.9 Å². The molecule has 0 radical (unpaired) electrons. The zero-order valence-electron chi connectivity index (χ0n) is 22.8. The van der Waals surface area contributed by atoms with Crippen LogP contribution in [0.5, 0.6) is 5.75 Å². The Morgan fingerprint density at radius 2 is 1.82 bits per heavy atom. The average Bonchev–Trinajstić information content (AvgIpc) is 2.88. The van der Waals surface area contributed by atoms with E-state index < -0.39 is 28.7 Å². The molecule has 0 saturated carbocycles. The third-order valence-corrected chi connectivity index (χ3v) is 8.03. The molecule has 0 aliphatic heterocycles. The zero-order chi connectivity index (χ0) is 29.2. The summed E-state index contributed by atoms with van der Waals surface area (Å²) in [5.41, 5.74) is -0.464. The molecular formula is C31H32FIN2O5. The van der Waals surface area contributed by atoms with Gasteiger partial charge < -0.3 is 19.5 Å². The maximum Gasteiger partial charge on any atom is 0.310 e. The highest BCUT2D eigenvalue weighted by atomic mass is 127. The number of nitrogens with zero attached hydrogens (tertiary/aromatic N) is 2. The van der Waals surface area contributed by atoms with Crippen molar-refractivity contribution in [3.63, 3.8) is 0 Å². The van der Waals surface area contributed by atoms with Gasteiger partial charge in [0.05, 0.1) is 18.0 Å². The van der Waals surface area contributed by atoms with E-state index in [0.717, 1.165) is 11.1 Å². The van der Waals surface area contributed by atoms with Gasteiger partial charge in [-0.25, -0.2) is 9.37 Å². The van der Waals surface area contributed by atoms with Gasteiger partial charge in [0.2, 0.25) is 0 Å². The summed E-state index contributed by atoms with van der Waals surface area (Å²) in [6.45, 7) is 7.38. The SMILES string of the molecule is CCC(O)(c1ccn(Cc2cc3cc(OCc4ccccc4)c(F)cc3nc2I)c(=O)c1)C(C(=O)O)C(C)(C)C. The standard InChI is InChI=1S/C31H32FIN2O5/c1-5-31(39,27(29(37)38)30(2,3)4)22-11-12-35(26(36)15-22)17-21-13-20-14-25(23(32)16-24(20)34-28(21)33)40-18-19-9-7-6-8-10-19/h6-16,27,39H,5,17-18H2,1-4H3,(H,37,38). The molecule has 4 aromatic rings. The fraction of sp³-hybridized carbons (Fsp3) is 0.323. The van der Waals surface area contributed by atoms with Crippen LogP contribution in [0.1, 0.15) is 50.8 Å². The first-order chi connectivity index (χ1) is 18.8. The molecule has 2 aromatic heterocycles. The Morgan fingerprint density at radius 3 is 2.42 bits per heavy atom. The summed E-state index contributed by atoms with van der Waals surface area (Å²) >= 11 is 2.06. The Labute approximate surface area is 245 Å². The maximum atomic E-state index is 14.7. The molecule has 0 bridgehead atoms. The van der Waals surface area contributed by atoms with Crippen molar-refractivity contribution in [3.8, 4) is 5.75 Å². The van der Waals surface area contributed by atoms with Gasteiger partial charge in [-0.15, -0.1) is 0 Å². The molecule has 4 rings (SSSR count). The van der Waals surface area contributed by atoms with E-state index in [1.165, 1.54) is 16.7 Å². The average molecular weight is 659 g/mol. The van der Waals surface area contributed by atoms with Gasteiger partial charge >= 0.3 is 5.97 Å². The van der Waals surface area contributed by atoms with Crippen LogP contribution in [0.2, 0.25) is 0 Å². The second-order valence-corrected chi connectivity index (χ2v) is 12.0. The molecule has 9 heteroatoms. The van der Waals surface area contributed by atoms with Crippen molar-refractivity contribution >= 4 is 39.5 Å². The number of aliphatic hydroxyl groups is 1. The summed E-state index contributed by atoms with van der Waals surface area (Å²) in [4.78, 5) is 29.8. The topological polar surface area (TPSA) is 102 Å². The molecule has 0 amide bonds. The molecule has 2 aromatic carbocycles. The molecule has 0 saturated heterocycles. The third-order valence-electron chi connectivity index (χ3n) is 7.10. The molecule has 0 spiro atoms. The number of ether oxygens (including phenoxy) is 1. The van der Waals surface area contributed by atoms with Crippen LogP contribution in [0.15, 0.2) is 71.7 Å². The van der Waals surface area contributed by atoms with Crippen molar-refractivity contribution in [2.24, 2.45) is 11.3 Å². The molecule has 210 valence electrons. The molecule has 7 nitrogen and oxygen atoms in total. The van der Waals surface area contributed by atoms with E-state index in [-0.39, 0.29) is 36.4 Å². The van der Waals surface area contributed by atoms with Crippen LogP contribution in [0.3, 0.4) is 0 Å². The second-order valence-electron chi connectivity index (χ2n) is 11.0. The number of benzene rings is 2. The Balaban J connectivity index is 1.64. The molecule has 2 unspecified atom stereocenters. The van der Waals surface area contributed by atoms with Crippen molar-refractivity contribution in [2.45, 2.75) is 52.9 Å². The summed E-state index contributed by atoms with van der Waals surface area (Å²) < 4.78 is 22.5. The minimum atomic E-state index is -1.72. The van der Waals surface area contributed by atoms with E-state index >= 15 is 0 Å². The lowest BCUT2D eigenvalue weighted by atomic mass is 9.67.